The maximum atomic E-state index is 5.68. The molecule has 1 atom stereocenters. The minimum absolute atomic E-state index is 0.516. The Morgan fingerprint density at radius 3 is 2.86 bits per heavy atom. The van der Waals surface area contributed by atoms with Crippen molar-refractivity contribution in [3.63, 3.8) is 0 Å². The van der Waals surface area contributed by atoms with Crippen LogP contribution in [0.5, 0.6) is 0 Å². The molecule has 0 saturated carbocycles. The summed E-state index contributed by atoms with van der Waals surface area (Å²) in [6.45, 7) is 5.13. The summed E-state index contributed by atoms with van der Waals surface area (Å²) in [7, 11) is 0. The van der Waals surface area contributed by atoms with Crippen molar-refractivity contribution in [1.29, 1.82) is 0 Å². The van der Waals surface area contributed by atoms with Gasteiger partial charge in [0.05, 0.1) is 0 Å². The minimum Gasteiger partial charge on any atom is -0.330 e. The van der Waals surface area contributed by atoms with Crippen LogP contribution in [0.25, 0.3) is 6.08 Å². The lowest BCUT2D eigenvalue weighted by Crippen LogP contribution is -2.13. The van der Waals surface area contributed by atoms with Crippen LogP contribution in [-0.4, -0.2) is 6.54 Å². The summed E-state index contributed by atoms with van der Waals surface area (Å²) in [4.78, 5) is 0. The smallest absolute Gasteiger partial charge is 0.00139 e. The fraction of sp³-hybridized carbons (Fsp3) is 0.385. The minimum atomic E-state index is 0.516. The van der Waals surface area contributed by atoms with Gasteiger partial charge >= 0.3 is 0 Å². The highest BCUT2D eigenvalue weighted by molar-refractivity contribution is 5.65. The summed E-state index contributed by atoms with van der Waals surface area (Å²) in [6, 6.07) is 6.50. The highest BCUT2D eigenvalue weighted by Gasteiger charge is 2.17. The van der Waals surface area contributed by atoms with E-state index in [2.05, 4.69) is 38.1 Å². The summed E-state index contributed by atoms with van der Waals surface area (Å²) < 4.78 is 0. The third kappa shape index (κ3) is 1.48. The van der Waals surface area contributed by atoms with Crippen LogP contribution in [0.2, 0.25) is 0 Å². The Morgan fingerprint density at radius 1 is 1.43 bits per heavy atom. The number of benzene rings is 1. The first-order valence-corrected chi connectivity index (χ1v) is 5.21. The average molecular weight is 187 g/mol. The lowest BCUT2D eigenvalue weighted by Gasteiger charge is -2.09. The van der Waals surface area contributed by atoms with Crippen molar-refractivity contribution in [1.82, 2.24) is 0 Å². The monoisotopic (exact) mass is 187 g/mol. The topological polar surface area (TPSA) is 26.0 Å². The summed E-state index contributed by atoms with van der Waals surface area (Å²) in [6.07, 6.45) is 3.40. The zero-order valence-corrected chi connectivity index (χ0v) is 8.88. The first-order chi connectivity index (χ1) is 6.72. The number of aryl methyl sites for hydroxylation is 1. The number of hydrogen-bond acceptors (Lipinski definition) is 1. The van der Waals surface area contributed by atoms with Gasteiger partial charge in [-0.2, -0.15) is 0 Å². The molecule has 14 heavy (non-hydrogen) atoms. The molecule has 0 radical (unpaired) electrons. The molecule has 74 valence electrons. The van der Waals surface area contributed by atoms with Crippen LogP contribution in [-0.2, 0) is 6.42 Å². The molecule has 1 aromatic rings. The Balaban J connectivity index is 2.32. The van der Waals surface area contributed by atoms with Crippen molar-refractivity contribution < 1.29 is 0 Å². The van der Waals surface area contributed by atoms with Crippen molar-refractivity contribution >= 4 is 6.08 Å². The summed E-state index contributed by atoms with van der Waals surface area (Å²) >= 11 is 0. The lowest BCUT2D eigenvalue weighted by atomic mass is 9.98. The molecule has 0 spiro atoms. The molecule has 0 heterocycles. The molecule has 0 bridgehead atoms. The van der Waals surface area contributed by atoms with E-state index in [-0.39, 0.29) is 0 Å². The maximum Gasteiger partial charge on any atom is -0.00139 e. The van der Waals surface area contributed by atoms with Gasteiger partial charge in [0.15, 0.2) is 0 Å². The Morgan fingerprint density at radius 2 is 2.21 bits per heavy atom. The van der Waals surface area contributed by atoms with Crippen LogP contribution in [0.4, 0.5) is 0 Å². The lowest BCUT2D eigenvalue weighted by molar-refractivity contribution is 0.684. The van der Waals surface area contributed by atoms with E-state index in [0.717, 1.165) is 13.0 Å². The van der Waals surface area contributed by atoms with Gasteiger partial charge in [0.1, 0.15) is 0 Å². The van der Waals surface area contributed by atoms with Gasteiger partial charge in [0.25, 0.3) is 0 Å². The molecule has 0 aliphatic heterocycles. The maximum absolute atomic E-state index is 5.68. The molecule has 0 fully saturated rings. The normalized spacial score (nSPS) is 16.4. The number of rotatable bonds is 2. The van der Waals surface area contributed by atoms with Crippen LogP contribution in [0.1, 0.15) is 23.6 Å². The number of hydrogen-bond donors (Lipinski definition) is 1. The fourth-order valence-corrected chi connectivity index (χ4v) is 2.02. The van der Waals surface area contributed by atoms with Gasteiger partial charge in [0, 0.05) is 0 Å². The second kappa shape index (κ2) is 3.58. The molecular weight excluding hydrogens is 170 g/mol. The van der Waals surface area contributed by atoms with Gasteiger partial charge in [0.2, 0.25) is 0 Å². The first-order valence-electron chi connectivity index (χ1n) is 5.21. The fourth-order valence-electron chi connectivity index (χ4n) is 2.02. The van der Waals surface area contributed by atoms with Gasteiger partial charge in [-0.15, -0.1) is 0 Å². The van der Waals surface area contributed by atoms with E-state index in [4.69, 9.17) is 5.73 Å². The first kappa shape index (κ1) is 9.47. The Hall–Kier alpha value is -1.08. The summed E-state index contributed by atoms with van der Waals surface area (Å²) in [5.74, 6) is 0.516. The Labute approximate surface area is 85.6 Å². The second-order valence-electron chi connectivity index (χ2n) is 4.18. The van der Waals surface area contributed by atoms with Crippen LogP contribution in [0.3, 0.4) is 0 Å². The highest BCUT2D eigenvalue weighted by atomic mass is 14.5. The van der Waals surface area contributed by atoms with Crippen molar-refractivity contribution in [3.8, 4) is 0 Å². The average Bonchev–Trinajstić information content (AvgIpc) is 2.62. The third-order valence-electron chi connectivity index (χ3n) is 3.15. The predicted molar refractivity (Wildman–Crippen MR) is 61.1 cm³/mol. The van der Waals surface area contributed by atoms with E-state index >= 15 is 0 Å². The molecule has 1 nitrogen and oxygen atoms in total. The molecule has 2 rings (SSSR count). The van der Waals surface area contributed by atoms with E-state index in [0.29, 0.717) is 5.92 Å². The standard InChI is InChI=1S/C13H17N/c1-9-4-3-5-11-6-12(7-13(9)11)10(2)8-14/h3-6,10H,7-8,14H2,1-2H3. The molecule has 1 heteroatoms. The van der Waals surface area contributed by atoms with Crippen molar-refractivity contribution in [2.45, 2.75) is 20.3 Å². The highest BCUT2D eigenvalue weighted by Crippen LogP contribution is 2.30. The molecule has 0 amide bonds. The molecule has 2 N–H and O–H groups in total. The van der Waals surface area contributed by atoms with Gasteiger partial charge < -0.3 is 5.73 Å². The Kier molecular flexibility index (Phi) is 2.42. The van der Waals surface area contributed by atoms with Gasteiger partial charge in [-0.1, -0.05) is 36.8 Å². The molecule has 1 unspecified atom stereocenters. The van der Waals surface area contributed by atoms with E-state index in [1.165, 1.54) is 22.3 Å². The molecule has 0 saturated heterocycles. The van der Waals surface area contributed by atoms with E-state index in [1.807, 2.05) is 0 Å². The zero-order chi connectivity index (χ0) is 10.1. The van der Waals surface area contributed by atoms with Crippen LogP contribution in [0.15, 0.2) is 23.8 Å². The molecule has 1 aliphatic rings. The van der Waals surface area contributed by atoms with Gasteiger partial charge in [-0.05, 0) is 42.5 Å². The predicted octanol–water partition coefficient (Wildman–Crippen LogP) is 2.53. The van der Waals surface area contributed by atoms with Crippen LogP contribution >= 0.6 is 0 Å². The molecule has 1 aliphatic carbocycles. The van der Waals surface area contributed by atoms with E-state index < -0.39 is 0 Å². The summed E-state index contributed by atoms with van der Waals surface area (Å²) in [5.41, 5.74) is 11.4. The number of fused-ring (bicyclic) bond motifs is 1. The van der Waals surface area contributed by atoms with E-state index in [9.17, 15) is 0 Å². The van der Waals surface area contributed by atoms with Crippen LogP contribution < -0.4 is 5.73 Å². The van der Waals surface area contributed by atoms with Crippen molar-refractivity contribution in [2.75, 3.05) is 6.54 Å². The summed E-state index contributed by atoms with van der Waals surface area (Å²) in [5, 5.41) is 0. The van der Waals surface area contributed by atoms with Crippen molar-refractivity contribution in [2.24, 2.45) is 11.7 Å². The third-order valence-corrected chi connectivity index (χ3v) is 3.15. The van der Waals surface area contributed by atoms with E-state index in [1.54, 1.807) is 0 Å². The number of nitrogens with two attached hydrogens (primary N) is 1. The molecule has 0 aromatic heterocycles. The molecular formula is C13H17N. The Bertz CT molecular complexity index is 377. The zero-order valence-electron chi connectivity index (χ0n) is 8.88. The molecule has 1 aromatic carbocycles. The van der Waals surface area contributed by atoms with Crippen molar-refractivity contribution in [3.05, 3.63) is 40.5 Å². The largest absolute Gasteiger partial charge is 0.330 e. The second-order valence-corrected chi connectivity index (χ2v) is 4.18. The van der Waals surface area contributed by atoms with Crippen LogP contribution in [0, 0.1) is 12.8 Å². The quantitative estimate of drug-likeness (QED) is 0.756. The van der Waals surface area contributed by atoms with Gasteiger partial charge in [-0.3, -0.25) is 0 Å². The van der Waals surface area contributed by atoms with Gasteiger partial charge in [-0.25, -0.2) is 0 Å². The SMILES string of the molecule is Cc1cccc2c1CC(C(C)CN)=C2.